The second-order valence-corrected chi connectivity index (χ2v) is 16.4. The molecule has 0 aliphatic heterocycles. The summed E-state index contributed by atoms with van der Waals surface area (Å²) in [5, 5.41) is 0. The molecule has 0 heterocycles. The summed E-state index contributed by atoms with van der Waals surface area (Å²) >= 11 is 0. The highest BCUT2D eigenvalue weighted by Gasteiger charge is 2.51. The van der Waals surface area contributed by atoms with Gasteiger partial charge in [0.25, 0.3) is 0 Å². The van der Waals surface area contributed by atoms with Crippen LogP contribution >= 0.6 is 7.60 Å². The number of rotatable bonds is 38. The van der Waals surface area contributed by atoms with Crippen molar-refractivity contribution in [2.75, 3.05) is 6.61 Å². The second kappa shape index (κ2) is 33.8. The van der Waals surface area contributed by atoms with Crippen LogP contribution in [0.15, 0.2) is 0 Å². The second-order valence-electron chi connectivity index (χ2n) is 14.6. The normalized spacial score (nSPS) is 12.7. The molecule has 0 amide bonds. The summed E-state index contributed by atoms with van der Waals surface area (Å²) in [6.07, 6.45) is 32.7. The maximum Gasteiger partial charge on any atom is 0.394 e. The van der Waals surface area contributed by atoms with Gasteiger partial charge in [-0.2, -0.15) is 8.78 Å². The zero-order valence-electron chi connectivity index (χ0n) is 32.3. The van der Waals surface area contributed by atoms with Crippen molar-refractivity contribution >= 4 is 19.5 Å². The molecule has 0 aliphatic rings. The lowest BCUT2D eigenvalue weighted by atomic mass is 10.0. The molecule has 10 heteroatoms. The minimum absolute atomic E-state index is 0.0172. The van der Waals surface area contributed by atoms with Crippen LogP contribution in [0.1, 0.15) is 226 Å². The Morgan fingerprint density at radius 3 is 1.10 bits per heavy atom. The molecule has 7 nitrogen and oxygen atoms in total. The van der Waals surface area contributed by atoms with Gasteiger partial charge in [0.2, 0.25) is 0 Å². The predicted molar refractivity (Wildman–Crippen MR) is 202 cm³/mol. The van der Waals surface area contributed by atoms with Crippen LogP contribution in [0.25, 0.3) is 0 Å². The molecule has 0 spiro atoms. The van der Waals surface area contributed by atoms with Gasteiger partial charge in [-0.3, -0.25) is 14.2 Å². The Kier molecular flexibility index (Phi) is 33.1. The largest absolute Gasteiger partial charge is 0.462 e. The van der Waals surface area contributed by atoms with Gasteiger partial charge in [0.1, 0.15) is 12.7 Å². The SMILES string of the molecule is CCCCCCCCCCCCCCCCCC(=O)OC[C@@H](CC(F)(F)P(=O)(O)O)OC(=O)CCCCCCCCCCCCCCCCC. The summed E-state index contributed by atoms with van der Waals surface area (Å²) in [7, 11) is -5.78. The molecule has 0 saturated heterocycles. The van der Waals surface area contributed by atoms with Gasteiger partial charge >= 0.3 is 25.2 Å². The van der Waals surface area contributed by atoms with Crippen LogP contribution in [0.3, 0.4) is 0 Å². The van der Waals surface area contributed by atoms with Gasteiger partial charge in [-0.15, -0.1) is 0 Å². The number of esters is 2. The van der Waals surface area contributed by atoms with E-state index < -0.39 is 44.3 Å². The molecule has 50 heavy (non-hydrogen) atoms. The minimum Gasteiger partial charge on any atom is -0.462 e. The highest BCUT2D eigenvalue weighted by molar-refractivity contribution is 7.53. The molecule has 2 N–H and O–H groups in total. The van der Waals surface area contributed by atoms with Crippen molar-refractivity contribution in [1.82, 2.24) is 0 Å². The molecule has 0 aromatic rings. The average molecular weight is 739 g/mol. The van der Waals surface area contributed by atoms with Gasteiger partial charge in [0, 0.05) is 12.8 Å². The van der Waals surface area contributed by atoms with Crippen molar-refractivity contribution in [3.63, 3.8) is 0 Å². The lowest BCUT2D eigenvalue weighted by molar-refractivity contribution is -0.162. The Bertz CT molecular complexity index is 837. The van der Waals surface area contributed by atoms with Crippen LogP contribution in [0, 0.1) is 0 Å². The van der Waals surface area contributed by atoms with E-state index in [0.29, 0.717) is 12.8 Å². The number of ether oxygens (including phenoxy) is 2. The molecule has 0 rings (SSSR count). The number of carbonyl (C=O) groups excluding carboxylic acids is 2. The minimum atomic E-state index is -5.78. The zero-order valence-corrected chi connectivity index (χ0v) is 33.2. The fourth-order valence-corrected chi connectivity index (χ4v) is 6.75. The Morgan fingerprint density at radius 1 is 0.520 bits per heavy atom. The molecular formula is C40H77F2O7P. The molecular weight excluding hydrogens is 661 g/mol. The standard InChI is InChI=1S/C40H77F2O7P/c1-3-5-7-9-11-13-15-17-19-21-23-25-27-29-31-33-38(43)48-36-37(35-40(41,42)50(45,46)47)49-39(44)34-32-30-28-26-24-22-20-18-16-14-12-10-8-6-4-2/h37H,3-36H2,1-2H3,(H2,45,46,47)/t37-/m1/s1. The monoisotopic (exact) mass is 739 g/mol. The van der Waals surface area contributed by atoms with Crippen LogP contribution < -0.4 is 0 Å². The first-order valence-corrected chi connectivity index (χ1v) is 22.4. The van der Waals surface area contributed by atoms with E-state index in [4.69, 9.17) is 19.3 Å². The van der Waals surface area contributed by atoms with E-state index in [-0.39, 0.29) is 12.8 Å². The van der Waals surface area contributed by atoms with Crippen LogP contribution in [-0.4, -0.2) is 40.1 Å². The van der Waals surface area contributed by atoms with Crippen molar-refractivity contribution < 1.29 is 42.2 Å². The molecule has 0 aliphatic carbocycles. The average Bonchev–Trinajstić information content (AvgIpc) is 3.06. The third kappa shape index (κ3) is 31.7. The third-order valence-electron chi connectivity index (χ3n) is 9.60. The molecule has 0 radical (unpaired) electrons. The molecule has 0 aromatic heterocycles. The number of unbranched alkanes of at least 4 members (excludes halogenated alkanes) is 28. The number of carbonyl (C=O) groups is 2. The first-order valence-electron chi connectivity index (χ1n) is 20.8. The summed E-state index contributed by atoms with van der Waals surface area (Å²) in [6, 6.07) is 0. The topological polar surface area (TPSA) is 110 Å². The number of halogens is 2. The highest BCUT2D eigenvalue weighted by atomic mass is 31.2. The Morgan fingerprint density at radius 2 is 0.800 bits per heavy atom. The van der Waals surface area contributed by atoms with E-state index in [1.165, 1.54) is 135 Å². The van der Waals surface area contributed by atoms with Gasteiger partial charge in [0.05, 0.1) is 6.42 Å². The van der Waals surface area contributed by atoms with Crippen molar-refractivity contribution in [2.24, 2.45) is 0 Å². The van der Waals surface area contributed by atoms with Crippen LogP contribution in [-0.2, 0) is 23.6 Å². The van der Waals surface area contributed by atoms with Gasteiger partial charge in [-0.25, -0.2) is 0 Å². The Hall–Kier alpha value is -1.05. The first kappa shape index (κ1) is 49.0. The Labute approximate surface area is 305 Å². The van der Waals surface area contributed by atoms with Gasteiger partial charge < -0.3 is 19.3 Å². The molecule has 0 bridgehead atoms. The van der Waals surface area contributed by atoms with E-state index in [9.17, 15) is 22.9 Å². The molecule has 298 valence electrons. The number of hydrogen-bond donors (Lipinski definition) is 2. The fourth-order valence-electron chi connectivity index (χ4n) is 6.31. The van der Waals surface area contributed by atoms with Crippen molar-refractivity contribution in [1.29, 1.82) is 0 Å². The third-order valence-corrected chi connectivity index (χ3v) is 10.6. The smallest absolute Gasteiger partial charge is 0.394 e. The van der Waals surface area contributed by atoms with Crippen LogP contribution in [0.5, 0.6) is 0 Å². The van der Waals surface area contributed by atoms with Gasteiger partial charge in [0.15, 0.2) is 0 Å². The maximum absolute atomic E-state index is 14.2. The van der Waals surface area contributed by atoms with Gasteiger partial charge in [-0.1, -0.05) is 194 Å². The van der Waals surface area contributed by atoms with E-state index >= 15 is 0 Å². The molecule has 0 aromatic carbocycles. The van der Waals surface area contributed by atoms with Crippen LogP contribution in [0.4, 0.5) is 8.78 Å². The molecule has 0 fully saturated rings. The van der Waals surface area contributed by atoms with Gasteiger partial charge in [-0.05, 0) is 12.8 Å². The summed E-state index contributed by atoms with van der Waals surface area (Å²) in [5.41, 5.74) is -4.40. The van der Waals surface area contributed by atoms with Crippen molar-refractivity contribution in [3.8, 4) is 0 Å². The van der Waals surface area contributed by atoms with E-state index in [0.717, 1.165) is 44.9 Å². The lowest BCUT2D eigenvalue weighted by Crippen LogP contribution is -2.32. The fraction of sp³-hybridized carbons (Fsp3) is 0.950. The number of alkyl halides is 2. The maximum atomic E-state index is 14.2. The number of hydrogen-bond acceptors (Lipinski definition) is 5. The van der Waals surface area contributed by atoms with E-state index in [2.05, 4.69) is 13.8 Å². The van der Waals surface area contributed by atoms with E-state index in [1.54, 1.807) is 0 Å². The van der Waals surface area contributed by atoms with Crippen molar-refractivity contribution in [2.45, 2.75) is 238 Å². The highest BCUT2D eigenvalue weighted by Crippen LogP contribution is 2.55. The quantitative estimate of drug-likeness (QED) is 0.0368. The summed E-state index contributed by atoms with van der Waals surface area (Å²) in [6.45, 7) is 3.82. The molecule has 0 unspecified atom stereocenters. The summed E-state index contributed by atoms with van der Waals surface area (Å²) < 4.78 is 49.9. The summed E-state index contributed by atoms with van der Waals surface area (Å²) in [4.78, 5) is 42.8. The lowest BCUT2D eigenvalue weighted by Gasteiger charge is -2.24. The molecule has 0 saturated carbocycles. The summed E-state index contributed by atoms with van der Waals surface area (Å²) in [5.74, 6) is -1.33. The Balaban J connectivity index is 4.11. The molecule has 1 atom stereocenters. The first-order chi connectivity index (χ1) is 24.0. The van der Waals surface area contributed by atoms with Crippen LogP contribution in [0.2, 0.25) is 0 Å². The van der Waals surface area contributed by atoms with E-state index in [1.807, 2.05) is 0 Å². The zero-order chi connectivity index (χ0) is 37.2. The van der Waals surface area contributed by atoms with Crippen molar-refractivity contribution in [3.05, 3.63) is 0 Å². The predicted octanol–water partition coefficient (Wildman–Crippen LogP) is 13.1.